The highest BCUT2D eigenvalue weighted by molar-refractivity contribution is 5.71. The molecule has 91 heavy (non-hydrogen) atoms. The van der Waals surface area contributed by atoms with E-state index in [1.807, 2.05) is 21.1 Å². The van der Waals surface area contributed by atoms with Gasteiger partial charge in [-0.2, -0.15) is 0 Å². The number of hydrogen-bond donors (Lipinski definition) is 1. The molecule has 0 aromatic carbocycles. The molecule has 1 N–H and O–H groups in total. The van der Waals surface area contributed by atoms with Gasteiger partial charge in [0.1, 0.15) is 13.2 Å². The number of esters is 2. The van der Waals surface area contributed by atoms with E-state index in [-0.39, 0.29) is 32.2 Å². The Kier molecular flexibility index (Phi) is 68.6. The molecule has 2 unspecified atom stereocenters. The van der Waals surface area contributed by atoms with E-state index in [4.69, 9.17) is 18.9 Å². The first kappa shape index (κ1) is 87.0. The Morgan fingerprint density at radius 3 is 0.879 bits per heavy atom. The summed E-state index contributed by atoms with van der Waals surface area (Å²) < 4.78 is 23.0. The minimum absolute atomic E-state index is 0.182. The Balaban J connectivity index is 4.03. The van der Waals surface area contributed by atoms with E-state index in [0.717, 1.165) is 96.3 Å². The molecule has 0 aromatic heterocycles. The molecule has 0 aliphatic heterocycles. The van der Waals surface area contributed by atoms with Crippen molar-refractivity contribution in [1.82, 2.24) is 0 Å². The van der Waals surface area contributed by atoms with E-state index in [1.165, 1.54) is 212 Å². The van der Waals surface area contributed by atoms with Crippen LogP contribution in [0.3, 0.4) is 0 Å². The summed E-state index contributed by atoms with van der Waals surface area (Å²) in [6.07, 6.45) is 98.0. The van der Waals surface area contributed by atoms with Crippen molar-refractivity contribution >= 4 is 17.9 Å². The van der Waals surface area contributed by atoms with Crippen LogP contribution < -0.4 is 0 Å². The summed E-state index contributed by atoms with van der Waals surface area (Å²) in [5, 5.41) is 9.77. The van der Waals surface area contributed by atoms with Gasteiger partial charge in [0.2, 0.25) is 0 Å². The topological polar surface area (TPSA) is 108 Å². The fourth-order valence-corrected chi connectivity index (χ4v) is 10.8. The lowest BCUT2D eigenvalue weighted by atomic mass is 10.0. The summed E-state index contributed by atoms with van der Waals surface area (Å²) in [7, 11) is 5.99. The molecule has 9 heteroatoms. The van der Waals surface area contributed by atoms with Crippen LogP contribution in [0.1, 0.15) is 335 Å². The monoisotopic (exact) mass is 1270 g/mol. The zero-order valence-corrected chi connectivity index (χ0v) is 60.0. The molecule has 9 nitrogen and oxygen atoms in total. The zero-order valence-electron chi connectivity index (χ0n) is 60.0. The summed E-state index contributed by atoms with van der Waals surface area (Å²) in [6.45, 7) is 4.69. The van der Waals surface area contributed by atoms with Crippen molar-refractivity contribution < 1.29 is 42.9 Å². The van der Waals surface area contributed by atoms with Crippen LogP contribution >= 0.6 is 0 Å². The van der Waals surface area contributed by atoms with Crippen molar-refractivity contribution in [3.8, 4) is 0 Å². The fraction of sp³-hybridized carbons (Fsp3) is 0.744. The Hall–Kier alpha value is -4.05. The molecular weight excluding hydrogens is 1130 g/mol. The van der Waals surface area contributed by atoms with E-state index >= 15 is 0 Å². The molecule has 0 fully saturated rings. The second kappa shape index (κ2) is 71.8. The smallest absolute Gasteiger partial charge is 0.361 e. The van der Waals surface area contributed by atoms with Crippen LogP contribution in [0, 0.1) is 0 Å². The molecule has 0 aromatic rings. The predicted octanol–water partition coefficient (Wildman–Crippen LogP) is 24.1. The minimum atomic E-state index is -1.51. The van der Waals surface area contributed by atoms with E-state index < -0.39 is 24.3 Å². The lowest BCUT2D eigenvalue weighted by Gasteiger charge is -2.25. The Morgan fingerprint density at radius 1 is 0.330 bits per heavy atom. The summed E-state index contributed by atoms with van der Waals surface area (Å²) in [4.78, 5) is 37.7. The average molecular weight is 1270 g/mol. The van der Waals surface area contributed by atoms with Gasteiger partial charge >= 0.3 is 17.9 Å². The van der Waals surface area contributed by atoms with Crippen LogP contribution in [0.4, 0.5) is 0 Å². The van der Waals surface area contributed by atoms with Crippen LogP contribution in [-0.2, 0) is 33.3 Å². The third kappa shape index (κ3) is 73.2. The van der Waals surface area contributed by atoms with E-state index in [9.17, 15) is 19.5 Å². The third-order valence-electron chi connectivity index (χ3n) is 16.5. The van der Waals surface area contributed by atoms with E-state index in [2.05, 4.69) is 123 Å². The van der Waals surface area contributed by atoms with Crippen molar-refractivity contribution in [3.05, 3.63) is 109 Å². The summed E-state index contributed by atoms with van der Waals surface area (Å²) in [6, 6.07) is 0. The average Bonchev–Trinajstić information content (AvgIpc) is 3.65. The molecular formula is C82H144NO8+. The second-order valence-electron chi connectivity index (χ2n) is 26.6. The maximum Gasteiger partial charge on any atom is 0.361 e. The van der Waals surface area contributed by atoms with Crippen molar-refractivity contribution in [2.75, 3.05) is 47.5 Å². The lowest BCUT2D eigenvalue weighted by molar-refractivity contribution is -0.870. The number of carbonyl (C=O) groups excluding carboxylic acids is 2. The molecule has 0 bridgehead atoms. The number of likely N-dealkylation sites (N-methyl/N-ethyl adjacent to an activating group) is 1. The molecule has 0 aliphatic carbocycles. The maximum atomic E-state index is 13.0. The zero-order chi connectivity index (χ0) is 66.1. The van der Waals surface area contributed by atoms with Crippen molar-refractivity contribution in [3.63, 3.8) is 0 Å². The van der Waals surface area contributed by atoms with Gasteiger partial charge in [0, 0.05) is 12.8 Å². The largest absolute Gasteiger partial charge is 0.477 e. The molecule has 524 valence electrons. The van der Waals surface area contributed by atoms with Crippen molar-refractivity contribution in [2.24, 2.45) is 0 Å². The first-order valence-electron chi connectivity index (χ1n) is 38.1. The molecule has 2 atom stereocenters. The predicted molar refractivity (Wildman–Crippen MR) is 392 cm³/mol. The highest BCUT2D eigenvalue weighted by atomic mass is 16.7. The number of allylic oxidation sites excluding steroid dienone is 18. The number of rotatable bonds is 70. The summed E-state index contributed by atoms with van der Waals surface area (Å²) in [5.74, 6) is -1.99. The molecule has 0 amide bonds. The van der Waals surface area contributed by atoms with E-state index in [1.54, 1.807) is 0 Å². The highest BCUT2D eigenvalue weighted by Crippen LogP contribution is 2.19. The first-order chi connectivity index (χ1) is 44.6. The van der Waals surface area contributed by atoms with Crippen molar-refractivity contribution in [2.45, 2.75) is 347 Å². The number of unbranched alkanes of at least 4 members (excludes halogenated alkanes) is 37. The van der Waals surface area contributed by atoms with Gasteiger partial charge in [-0.1, -0.05) is 335 Å². The van der Waals surface area contributed by atoms with Crippen LogP contribution in [0.25, 0.3) is 0 Å². The number of ether oxygens (including phenoxy) is 4. The minimum Gasteiger partial charge on any atom is -0.477 e. The van der Waals surface area contributed by atoms with Crippen LogP contribution in [0.2, 0.25) is 0 Å². The number of carboxylic acids is 1. The third-order valence-corrected chi connectivity index (χ3v) is 16.5. The molecule has 0 spiro atoms. The van der Waals surface area contributed by atoms with Crippen molar-refractivity contribution in [1.29, 1.82) is 0 Å². The first-order valence-corrected chi connectivity index (χ1v) is 38.1. The molecule has 0 radical (unpaired) electrons. The van der Waals surface area contributed by atoms with Crippen LogP contribution in [0.15, 0.2) is 109 Å². The van der Waals surface area contributed by atoms with Crippen LogP contribution in [0.5, 0.6) is 0 Å². The molecule has 0 rings (SSSR count). The Morgan fingerprint density at radius 2 is 0.593 bits per heavy atom. The maximum absolute atomic E-state index is 13.0. The molecule has 0 heterocycles. The van der Waals surface area contributed by atoms with Gasteiger partial charge in [-0.3, -0.25) is 9.59 Å². The Labute approximate surface area is 562 Å². The van der Waals surface area contributed by atoms with E-state index in [0.29, 0.717) is 17.4 Å². The van der Waals surface area contributed by atoms with Gasteiger partial charge in [-0.05, 0) is 96.3 Å². The van der Waals surface area contributed by atoms with Gasteiger partial charge in [0.05, 0.1) is 34.4 Å². The normalized spacial score (nSPS) is 13.3. The van der Waals surface area contributed by atoms with Gasteiger partial charge in [0.25, 0.3) is 6.29 Å². The number of nitrogens with zero attached hydrogens (tertiary/aromatic N) is 1. The standard InChI is InChI=1S/C82H143NO8/c1-6-8-10-12-14-16-18-20-22-24-26-28-30-32-34-36-38-39-40-41-43-44-46-48-50-52-54-56-58-60-62-64-66-68-70-72-79(84)89-76-78(77-90-82(81(86)87)88-75-74-83(3,4)5)91-80(85)73-71-69-67-65-63-61-59-57-55-53-51-49-47-45-42-37-35-33-31-29-27-25-23-21-19-17-15-13-11-9-7-2/h8-11,14-17,20-23,26-29,33,35,78,82H,6-7,12-13,18-19,24-25,30-32,34,36-77H2,1-5H3/p+1/b10-8-,11-9-,16-14-,17-15-,22-20-,23-21-,28-26-,29-27-,35-33-. The number of quaternary nitrogens is 1. The number of aliphatic carboxylic acids is 1. The molecule has 0 aliphatic rings. The number of hydrogen-bond acceptors (Lipinski definition) is 7. The molecule has 0 saturated carbocycles. The highest BCUT2D eigenvalue weighted by Gasteiger charge is 2.25. The second-order valence-corrected chi connectivity index (χ2v) is 26.6. The fourth-order valence-electron chi connectivity index (χ4n) is 10.8. The Bertz CT molecular complexity index is 1870. The number of carbonyl (C=O) groups is 3. The number of carboxylic acid groups (broad SMARTS) is 1. The molecule has 0 saturated heterocycles. The van der Waals surface area contributed by atoms with Gasteiger partial charge in [-0.25, -0.2) is 4.79 Å². The van der Waals surface area contributed by atoms with Gasteiger partial charge in [0.15, 0.2) is 6.10 Å². The summed E-state index contributed by atoms with van der Waals surface area (Å²) in [5.41, 5.74) is 0. The summed E-state index contributed by atoms with van der Waals surface area (Å²) >= 11 is 0. The SMILES string of the molecule is CC/C=C\C/C=C\C/C=C\C/C=C\C/C=C\CCCCCCCCCCCCCCCCCC(=O)OC(COC(=O)CCCCCCCCCCCCCCCCCCCCCCCC/C=C\C/C=C\C/C=C\C/C=C\CC)COC(OCC[N+](C)(C)C)C(=O)O. The lowest BCUT2D eigenvalue weighted by Crippen LogP contribution is -2.40. The van der Waals surface area contributed by atoms with Gasteiger partial charge in [-0.15, -0.1) is 0 Å². The van der Waals surface area contributed by atoms with Crippen LogP contribution in [-0.4, -0.2) is 87.4 Å². The quantitative estimate of drug-likeness (QED) is 0.0211. The van der Waals surface area contributed by atoms with Gasteiger partial charge < -0.3 is 28.5 Å².